The van der Waals surface area contributed by atoms with Crippen molar-refractivity contribution in [2.24, 2.45) is 0 Å². The second kappa shape index (κ2) is 7.15. The molecular formula is C22H23FN4O2. The smallest absolute Gasteiger partial charge is 0.326 e. The van der Waals surface area contributed by atoms with Crippen molar-refractivity contribution >= 4 is 16.9 Å². The first-order valence-corrected chi connectivity index (χ1v) is 10.1. The Bertz CT molecular complexity index is 1090. The quantitative estimate of drug-likeness (QED) is 0.743. The van der Waals surface area contributed by atoms with Gasteiger partial charge in [-0.05, 0) is 49.2 Å². The maximum Gasteiger partial charge on any atom is 0.326 e. The number of amides is 1. The van der Waals surface area contributed by atoms with Crippen molar-refractivity contribution in [3.8, 4) is 0 Å². The van der Waals surface area contributed by atoms with E-state index in [4.69, 9.17) is 0 Å². The molecule has 5 rings (SSSR count). The van der Waals surface area contributed by atoms with E-state index in [1.807, 2.05) is 33.7 Å². The van der Waals surface area contributed by atoms with Crippen LogP contribution in [0.15, 0.2) is 53.3 Å². The fourth-order valence-electron chi connectivity index (χ4n) is 4.57. The second-order valence-electron chi connectivity index (χ2n) is 7.96. The summed E-state index contributed by atoms with van der Waals surface area (Å²) in [4.78, 5) is 32.1. The molecular weight excluding hydrogens is 371 g/mol. The Hall–Kier alpha value is -2.93. The number of nitrogens with zero attached hydrogens (tertiary/aromatic N) is 3. The molecule has 2 saturated heterocycles. The van der Waals surface area contributed by atoms with Crippen LogP contribution in [-0.2, 0) is 0 Å². The molecule has 0 bridgehead atoms. The SMILES string of the molecule is O=C(c1ccc(F)cc1)N1CC(N2CCC(n3c(=O)[nH]c4ccccc43)CC2)C1. The zero-order chi connectivity index (χ0) is 20.0. The first kappa shape index (κ1) is 18.1. The van der Waals surface area contributed by atoms with Crippen LogP contribution in [0.5, 0.6) is 0 Å². The third kappa shape index (κ3) is 3.25. The van der Waals surface area contributed by atoms with Gasteiger partial charge in [0.05, 0.1) is 11.0 Å². The van der Waals surface area contributed by atoms with Crippen molar-refractivity contribution in [2.75, 3.05) is 26.2 Å². The highest BCUT2D eigenvalue weighted by atomic mass is 19.1. The number of imidazole rings is 1. The van der Waals surface area contributed by atoms with E-state index in [1.165, 1.54) is 24.3 Å². The van der Waals surface area contributed by atoms with E-state index < -0.39 is 0 Å². The molecule has 2 aliphatic rings. The number of aromatic amines is 1. The lowest BCUT2D eigenvalue weighted by Gasteiger charge is -2.47. The van der Waals surface area contributed by atoms with Gasteiger partial charge in [-0.15, -0.1) is 0 Å². The zero-order valence-electron chi connectivity index (χ0n) is 16.1. The topological polar surface area (TPSA) is 61.3 Å². The number of hydrogen-bond acceptors (Lipinski definition) is 3. The molecule has 0 unspecified atom stereocenters. The van der Waals surface area contributed by atoms with Gasteiger partial charge < -0.3 is 9.88 Å². The highest BCUT2D eigenvalue weighted by Crippen LogP contribution is 2.28. The van der Waals surface area contributed by atoms with Crippen LogP contribution in [0.1, 0.15) is 29.2 Å². The van der Waals surface area contributed by atoms with Crippen LogP contribution in [-0.4, -0.2) is 57.5 Å². The molecule has 1 N–H and O–H groups in total. The summed E-state index contributed by atoms with van der Waals surface area (Å²) in [6.45, 7) is 3.24. The molecule has 0 aliphatic carbocycles. The van der Waals surface area contributed by atoms with Gasteiger partial charge in [-0.3, -0.25) is 14.3 Å². The Kier molecular flexibility index (Phi) is 4.47. The van der Waals surface area contributed by atoms with Gasteiger partial charge in [0.1, 0.15) is 5.82 Å². The van der Waals surface area contributed by atoms with Gasteiger partial charge in [0, 0.05) is 43.8 Å². The average molecular weight is 394 g/mol. The molecule has 1 aromatic heterocycles. The maximum absolute atomic E-state index is 13.0. The summed E-state index contributed by atoms with van der Waals surface area (Å²) in [7, 11) is 0. The molecule has 7 heteroatoms. The predicted octanol–water partition coefficient (Wildman–Crippen LogP) is 2.63. The minimum absolute atomic E-state index is 0.0376. The molecule has 150 valence electrons. The Balaban J connectivity index is 1.19. The van der Waals surface area contributed by atoms with Gasteiger partial charge in [-0.2, -0.15) is 0 Å². The zero-order valence-corrected chi connectivity index (χ0v) is 16.1. The van der Waals surface area contributed by atoms with E-state index in [1.54, 1.807) is 0 Å². The molecule has 29 heavy (non-hydrogen) atoms. The summed E-state index contributed by atoms with van der Waals surface area (Å²) < 4.78 is 14.9. The van der Waals surface area contributed by atoms with Gasteiger partial charge in [-0.25, -0.2) is 9.18 Å². The molecule has 3 heterocycles. The lowest BCUT2D eigenvalue weighted by atomic mass is 9.98. The van der Waals surface area contributed by atoms with Crippen molar-refractivity contribution in [3.05, 3.63) is 70.4 Å². The standard InChI is InChI=1S/C22H23FN4O2/c23-16-7-5-15(6-8-16)21(28)26-13-18(14-26)25-11-9-17(10-12-25)27-20-4-2-1-3-19(20)24-22(27)29/h1-8,17-18H,9-14H2,(H,24,29). The Morgan fingerprint density at radius 1 is 0.966 bits per heavy atom. The Morgan fingerprint density at radius 2 is 1.66 bits per heavy atom. The van der Waals surface area contributed by atoms with Crippen molar-refractivity contribution in [1.29, 1.82) is 0 Å². The average Bonchev–Trinajstić information content (AvgIpc) is 3.03. The summed E-state index contributed by atoms with van der Waals surface area (Å²) in [5.74, 6) is -0.373. The number of fused-ring (bicyclic) bond motifs is 1. The van der Waals surface area contributed by atoms with Crippen molar-refractivity contribution < 1.29 is 9.18 Å². The van der Waals surface area contributed by atoms with Crippen molar-refractivity contribution in [2.45, 2.75) is 24.9 Å². The molecule has 0 radical (unpaired) electrons. The summed E-state index contributed by atoms with van der Waals surface area (Å²) in [5.41, 5.74) is 2.34. The molecule has 2 fully saturated rings. The van der Waals surface area contributed by atoms with Crippen LogP contribution in [0.25, 0.3) is 11.0 Å². The third-order valence-corrected chi connectivity index (χ3v) is 6.25. The number of para-hydroxylation sites is 2. The normalized spacial score (nSPS) is 18.9. The Morgan fingerprint density at radius 3 is 2.38 bits per heavy atom. The molecule has 2 aromatic carbocycles. The van der Waals surface area contributed by atoms with Crippen LogP contribution in [0, 0.1) is 5.82 Å². The van der Waals surface area contributed by atoms with Crippen LogP contribution >= 0.6 is 0 Å². The molecule has 1 amide bonds. The van der Waals surface area contributed by atoms with Gasteiger partial charge in [0.25, 0.3) is 5.91 Å². The maximum atomic E-state index is 13.0. The number of piperidine rings is 1. The summed E-state index contributed by atoms with van der Waals surface area (Å²) in [5, 5.41) is 0. The minimum Gasteiger partial charge on any atom is -0.335 e. The number of halogens is 1. The van der Waals surface area contributed by atoms with E-state index in [-0.39, 0.29) is 23.5 Å². The van der Waals surface area contributed by atoms with Gasteiger partial charge >= 0.3 is 5.69 Å². The summed E-state index contributed by atoms with van der Waals surface area (Å²) in [6.07, 6.45) is 1.84. The largest absolute Gasteiger partial charge is 0.335 e. The molecule has 0 atom stereocenters. The number of carbonyl (C=O) groups is 1. The lowest BCUT2D eigenvalue weighted by molar-refractivity contribution is 0.0153. The first-order chi connectivity index (χ1) is 14.1. The van der Waals surface area contributed by atoms with E-state index in [0.29, 0.717) is 24.7 Å². The highest BCUT2D eigenvalue weighted by Gasteiger charge is 2.37. The number of hydrogen-bond donors (Lipinski definition) is 1. The van der Waals surface area contributed by atoms with Crippen LogP contribution in [0.4, 0.5) is 4.39 Å². The first-order valence-electron chi connectivity index (χ1n) is 10.1. The molecule has 0 saturated carbocycles. The predicted molar refractivity (Wildman–Crippen MR) is 108 cm³/mol. The number of carbonyl (C=O) groups excluding carboxylic acids is 1. The van der Waals surface area contributed by atoms with E-state index in [2.05, 4.69) is 9.88 Å². The number of rotatable bonds is 3. The molecule has 2 aliphatic heterocycles. The second-order valence-corrected chi connectivity index (χ2v) is 7.96. The van der Waals surface area contributed by atoms with E-state index in [9.17, 15) is 14.0 Å². The number of aromatic nitrogens is 2. The van der Waals surface area contributed by atoms with Crippen LogP contribution in [0.3, 0.4) is 0 Å². The fraction of sp³-hybridized carbons (Fsp3) is 0.364. The van der Waals surface area contributed by atoms with Crippen LogP contribution < -0.4 is 5.69 Å². The van der Waals surface area contributed by atoms with Crippen molar-refractivity contribution in [1.82, 2.24) is 19.4 Å². The number of likely N-dealkylation sites (tertiary alicyclic amines) is 2. The lowest BCUT2D eigenvalue weighted by Crippen LogP contribution is -2.62. The minimum atomic E-state index is -0.333. The monoisotopic (exact) mass is 394 g/mol. The number of H-pyrrole nitrogens is 1. The van der Waals surface area contributed by atoms with Crippen LogP contribution in [0.2, 0.25) is 0 Å². The van der Waals surface area contributed by atoms with E-state index in [0.717, 1.165) is 37.0 Å². The Labute approximate surface area is 167 Å². The summed E-state index contributed by atoms with van der Waals surface area (Å²) in [6, 6.07) is 14.1. The van der Waals surface area contributed by atoms with Gasteiger partial charge in [0.15, 0.2) is 0 Å². The molecule has 3 aromatic rings. The number of benzene rings is 2. The molecule has 6 nitrogen and oxygen atoms in total. The number of nitrogens with one attached hydrogen (secondary N) is 1. The van der Waals surface area contributed by atoms with Gasteiger partial charge in [-0.1, -0.05) is 12.1 Å². The molecule has 0 spiro atoms. The highest BCUT2D eigenvalue weighted by molar-refractivity contribution is 5.94. The van der Waals surface area contributed by atoms with Crippen molar-refractivity contribution in [3.63, 3.8) is 0 Å². The third-order valence-electron chi connectivity index (χ3n) is 6.25. The summed E-state index contributed by atoms with van der Waals surface area (Å²) >= 11 is 0. The van der Waals surface area contributed by atoms with E-state index >= 15 is 0 Å². The van der Waals surface area contributed by atoms with Gasteiger partial charge in [0.2, 0.25) is 0 Å². The fourth-order valence-corrected chi connectivity index (χ4v) is 4.57.